The fourth-order valence-electron chi connectivity index (χ4n) is 2.99. The van der Waals surface area contributed by atoms with Gasteiger partial charge in [0.1, 0.15) is 0 Å². The van der Waals surface area contributed by atoms with E-state index in [9.17, 15) is 9.59 Å². The molecule has 112 valence electrons. The molecule has 1 aromatic rings. The number of amides is 2. The maximum Gasteiger partial charge on any atom is 0.256 e. The zero-order valence-corrected chi connectivity index (χ0v) is 11.9. The van der Waals surface area contributed by atoms with Gasteiger partial charge in [0.05, 0.1) is 16.9 Å². The summed E-state index contributed by atoms with van der Waals surface area (Å²) < 4.78 is 0. The van der Waals surface area contributed by atoms with Gasteiger partial charge >= 0.3 is 0 Å². The van der Waals surface area contributed by atoms with Gasteiger partial charge in [-0.25, -0.2) is 0 Å². The van der Waals surface area contributed by atoms with Gasteiger partial charge in [-0.1, -0.05) is 6.07 Å². The van der Waals surface area contributed by atoms with Gasteiger partial charge in [0, 0.05) is 32.1 Å². The van der Waals surface area contributed by atoms with Crippen molar-refractivity contribution in [2.24, 2.45) is 11.7 Å². The molecule has 2 heterocycles. The molecule has 1 fully saturated rings. The molecule has 0 atom stereocenters. The van der Waals surface area contributed by atoms with Crippen molar-refractivity contribution in [3.8, 4) is 0 Å². The number of nitrogens with zero attached hydrogens (tertiary/aromatic N) is 1. The minimum atomic E-state index is -0.259. The second-order valence-corrected chi connectivity index (χ2v) is 5.55. The summed E-state index contributed by atoms with van der Waals surface area (Å²) in [4.78, 5) is 25.7. The normalized spacial score (nSPS) is 18.4. The molecule has 0 spiro atoms. The van der Waals surface area contributed by atoms with Crippen molar-refractivity contribution in [1.29, 1.82) is 0 Å². The molecule has 2 aliphatic heterocycles. The number of fused-ring (bicyclic) bond motifs is 1. The van der Waals surface area contributed by atoms with Crippen LogP contribution >= 0.6 is 0 Å². The topological polar surface area (TPSA) is 87.5 Å². The van der Waals surface area contributed by atoms with E-state index in [1.54, 1.807) is 0 Å². The predicted molar refractivity (Wildman–Crippen MR) is 81.2 cm³/mol. The molecule has 2 aliphatic rings. The third-order valence-corrected chi connectivity index (χ3v) is 4.22. The molecule has 4 N–H and O–H groups in total. The van der Waals surface area contributed by atoms with Crippen molar-refractivity contribution >= 4 is 23.2 Å². The fraction of sp³-hybridized carbons (Fsp3) is 0.467. The number of hydrogen-bond donors (Lipinski definition) is 3. The summed E-state index contributed by atoms with van der Waals surface area (Å²) in [5.74, 6) is -0.338. The summed E-state index contributed by atoms with van der Waals surface area (Å²) in [6.07, 6.45) is 1.31. The summed E-state index contributed by atoms with van der Waals surface area (Å²) in [7, 11) is 0. The number of benzene rings is 1. The molecule has 1 saturated heterocycles. The number of carbonyl (C=O) groups is 2. The van der Waals surface area contributed by atoms with Crippen molar-refractivity contribution < 1.29 is 9.59 Å². The number of nitrogens with two attached hydrogens (primary N) is 1. The largest absolute Gasteiger partial charge is 0.382 e. The van der Waals surface area contributed by atoms with Crippen LogP contribution in [0.15, 0.2) is 18.2 Å². The second kappa shape index (κ2) is 5.63. The number of para-hydroxylation sites is 1. The average Bonchev–Trinajstić information content (AvgIpc) is 2.53. The Bertz CT molecular complexity index is 565. The highest BCUT2D eigenvalue weighted by Crippen LogP contribution is 2.30. The molecule has 0 unspecified atom stereocenters. The van der Waals surface area contributed by atoms with Crippen LogP contribution in [0.4, 0.5) is 11.4 Å². The quantitative estimate of drug-likeness (QED) is 0.753. The Hall–Kier alpha value is -2.24. The summed E-state index contributed by atoms with van der Waals surface area (Å²) in [5.41, 5.74) is 7.87. The first kappa shape index (κ1) is 13.7. The second-order valence-electron chi connectivity index (χ2n) is 5.55. The molecule has 6 heteroatoms. The van der Waals surface area contributed by atoms with Crippen LogP contribution in [0.3, 0.4) is 0 Å². The first-order valence-electron chi connectivity index (χ1n) is 7.36. The number of piperidine rings is 1. The van der Waals surface area contributed by atoms with E-state index in [0.717, 1.165) is 24.5 Å². The Balaban J connectivity index is 1.76. The highest BCUT2D eigenvalue weighted by Gasteiger charge is 2.28. The number of anilines is 2. The number of hydrogen-bond acceptors (Lipinski definition) is 4. The Kier molecular flexibility index (Phi) is 3.68. The zero-order chi connectivity index (χ0) is 14.8. The minimum absolute atomic E-state index is 0.0194. The third kappa shape index (κ3) is 2.66. The molecule has 3 rings (SSSR count). The number of primary amides is 1. The van der Waals surface area contributed by atoms with Crippen LogP contribution in [0, 0.1) is 5.92 Å². The Morgan fingerprint density at radius 1 is 1.14 bits per heavy atom. The standard InChI is InChI=1S/C15H20N4O2/c16-14(20)10-4-8-19(9-5-10)15(21)11-2-1-3-12-13(11)18-7-6-17-12/h1-3,10,17-18H,4-9H2,(H2,16,20). The van der Waals surface area contributed by atoms with Crippen LogP contribution < -0.4 is 16.4 Å². The minimum Gasteiger partial charge on any atom is -0.382 e. The summed E-state index contributed by atoms with van der Waals surface area (Å²) in [6, 6.07) is 5.71. The summed E-state index contributed by atoms with van der Waals surface area (Å²) >= 11 is 0. The Labute approximate surface area is 123 Å². The fourth-order valence-corrected chi connectivity index (χ4v) is 2.99. The van der Waals surface area contributed by atoms with Crippen LogP contribution in [0.5, 0.6) is 0 Å². The lowest BCUT2D eigenvalue weighted by atomic mass is 9.95. The monoisotopic (exact) mass is 288 g/mol. The highest BCUT2D eigenvalue weighted by atomic mass is 16.2. The van der Waals surface area contributed by atoms with E-state index < -0.39 is 0 Å². The maximum absolute atomic E-state index is 12.7. The van der Waals surface area contributed by atoms with Gasteiger partial charge in [-0.3, -0.25) is 9.59 Å². The highest BCUT2D eigenvalue weighted by molar-refractivity contribution is 6.02. The van der Waals surface area contributed by atoms with Crippen molar-refractivity contribution in [2.45, 2.75) is 12.8 Å². The van der Waals surface area contributed by atoms with Crippen molar-refractivity contribution in [2.75, 3.05) is 36.8 Å². The van der Waals surface area contributed by atoms with Crippen molar-refractivity contribution in [1.82, 2.24) is 4.90 Å². The molecule has 0 saturated carbocycles. The van der Waals surface area contributed by atoms with Crippen LogP contribution in [-0.4, -0.2) is 42.9 Å². The van der Waals surface area contributed by atoms with E-state index in [2.05, 4.69) is 10.6 Å². The van der Waals surface area contributed by atoms with E-state index in [1.165, 1.54) is 0 Å². The van der Waals surface area contributed by atoms with Gasteiger partial charge in [0.15, 0.2) is 0 Å². The van der Waals surface area contributed by atoms with E-state index >= 15 is 0 Å². The number of carbonyl (C=O) groups excluding carboxylic acids is 2. The smallest absolute Gasteiger partial charge is 0.256 e. The molecule has 0 bridgehead atoms. The van der Waals surface area contributed by atoms with E-state index in [4.69, 9.17) is 5.73 Å². The summed E-state index contributed by atoms with van der Waals surface area (Å²) in [6.45, 7) is 2.84. The maximum atomic E-state index is 12.7. The number of likely N-dealkylation sites (tertiary alicyclic amines) is 1. The SMILES string of the molecule is NC(=O)C1CCN(C(=O)c2cccc3c2NCCN3)CC1. The Morgan fingerprint density at radius 2 is 1.86 bits per heavy atom. The molecular weight excluding hydrogens is 268 g/mol. The molecule has 0 aromatic heterocycles. The first-order chi connectivity index (χ1) is 10.2. The molecule has 0 radical (unpaired) electrons. The van der Waals surface area contributed by atoms with Crippen LogP contribution in [0.2, 0.25) is 0 Å². The van der Waals surface area contributed by atoms with Gasteiger partial charge in [-0.15, -0.1) is 0 Å². The number of rotatable bonds is 2. The third-order valence-electron chi connectivity index (χ3n) is 4.22. The van der Waals surface area contributed by atoms with E-state index in [-0.39, 0.29) is 17.7 Å². The molecule has 0 aliphatic carbocycles. The lowest BCUT2D eigenvalue weighted by Crippen LogP contribution is -2.42. The van der Waals surface area contributed by atoms with Gasteiger partial charge < -0.3 is 21.3 Å². The molecule has 6 nitrogen and oxygen atoms in total. The molecule has 2 amide bonds. The Morgan fingerprint density at radius 3 is 2.57 bits per heavy atom. The first-order valence-corrected chi connectivity index (χ1v) is 7.36. The van der Waals surface area contributed by atoms with Gasteiger partial charge in [0.25, 0.3) is 5.91 Å². The van der Waals surface area contributed by atoms with Gasteiger partial charge in [0.2, 0.25) is 5.91 Å². The number of nitrogens with one attached hydrogen (secondary N) is 2. The molecule has 1 aromatic carbocycles. The predicted octanol–water partition coefficient (Wildman–Crippen LogP) is 0.861. The van der Waals surface area contributed by atoms with Crippen LogP contribution in [0.25, 0.3) is 0 Å². The lowest BCUT2D eigenvalue weighted by molar-refractivity contribution is -0.123. The van der Waals surface area contributed by atoms with Crippen LogP contribution in [0.1, 0.15) is 23.2 Å². The van der Waals surface area contributed by atoms with E-state index in [1.807, 2.05) is 23.1 Å². The van der Waals surface area contributed by atoms with Crippen molar-refractivity contribution in [3.05, 3.63) is 23.8 Å². The van der Waals surface area contributed by atoms with Gasteiger partial charge in [-0.05, 0) is 25.0 Å². The molecule has 21 heavy (non-hydrogen) atoms. The molecular formula is C15H20N4O2. The summed E-state index contributed by atoms with van der Waals surface area (Å²) in [5, 5.41) is 6.58. The van der Waals surface area contributed by atoms with Crippen molar-refractivity contribution in [3.63, 3.8) is 0 Å². The lowest BCUT2D eigenvalue weighted by Gasteiger charge is -2.32. The van der Waals surface area contributed by atoms with E-state index in [0.29, 0.717) is 31.5 Å². The zero-order valence-electron chi connectivity index (χ0n) is 11.9. The van der Waals surface area contributed by atoms with Gasteiger partial charge in [-0.2, -0.15) is 0 Å². The van der Waals surface area contributed by atoms with Crippen LogP contribution in [-0.2, 0) is 4.79 Å². The average molecular weight is 288 g/mol.